The Balaban J connectivity index is 0.00000361. The Labute approximate surface area is 219 Å². The van der Waals surface area contributed by atoms with E-state index in [9.17, 15) is 0 Å². The van der Waals surface area contributed by atoms with Crippen molar-refractivity contribution in [2.24, 2.45) is 10.7 Å². The molecule has 0 fully saturated rings. The molecule has 0 bridgehead atoms. The Kier molecular flexibility index (Phi) is 10.1. The van der Waals surface area contributed by atoms with Gasteiger partial charge in [-0.15, -0.1) is 12.4 Å². The van der Waals surface area contributed by atoms with Crippen molar-refractivity contribution < 1.29 is 0 Å². The zero-order valence-corrected chi connectivity index (χ0v) is 21.0. The minimum absolute atomic E-state index is 0. The Hall–Kier alpha value is -4.09. The van der Waals surface area contributed by atoms with Crippen LogP contribution in [0.25, 0.3) is 0 Å². The number of halogens is 1. The average Bonchev–Trinajstić information content (AvgIpc) is 2.90. The number of hydrogen-bond acceptors (Lipinski definition) is 1. The van der Waals surface area contributed by atoms with Crippen LogP contribution in [0, 0.1) is 5.41 Å². The molecule has 0 saturated heterocycles. The summed E-state index contributed by atoms with van der Waals surface area (Å²) < 4.78 is 0. The van der Waals surface area contributed by atoms with E-state index in [0.717, 1.165) is 22.3 Å². The number of aliphatic imine (C=N–C) groups is 1. The van der Waals surface area contributed by atoms with Crippen LogP contribution in [0.4, 0.5) is 0 Å². The van der Waals surface area contributed by atoms with E-state index < -0.39 is 0 Å². The van der Waals surface area contributed by atoms with Gasteiger partial charge in [-0.25, -0.2) is 0 Å². The van der Waals surface area contributed by atoms with Crippen molar-refractivity contribution in [3.8, 4) is 0 Å². The van der Waals surface area contributed by atoms with Crippen molar-refractivity contribution in [3.63, 3.8) is 0 Å². The highest BCUT2D eigenvalue weighted by Crippen LogP contribution is 2.13. The first-order valence-corrected chi connectivity index (χ1v) is 11.8. The monoisotopic (exact) mass is 497 g/mol. The second-order valence-corrected chi connectivity index (χ2v) is 8.45. The molecule has 0 aliphatic heterocycles. The third-order valence-corrected chi connectivity index (χ3v) is 5.71. The third kappa shape index (κ3) is 8.00. The molecule has 0 radical (unpaired) electrons. The van der Waals surface area contributed by atoms with Crippen molar-refractivity contribution in [2.45, 2.75) is 26.2 Å². The van der Waals surface area contributed by atoms with Gasteiger partial charge in [0.1, 0.15) is 0 Å². The molecule has 0 aromatic heterocycles. The van der Waals surface area contributed by atoms with Crippen molar-refractivity contribution in [2.75, 3.05) is 0 Å². The predicted molar refractivity (Wildman–Crippen MR) is 151 cm³/mol. The van der Waals surface area contributed by atoms with E-state index in [2.05, 4.69) is 53.5 Å². The molecule has 0 unspecified atom stereocenters. The van der Waals surface area contributed by atoms with Gasteiger partial charge in [-0.1, -0.05) is 121 Å². The summed E-state index contributed by atoms with van der Waals surface area (Å²) in [7, 11) is 0. The van der Waals surface area contributed by atoms with E-state index in [1.54, 1.807) is 0 Å². The molecule has 0 atom stereocenters. The van der Waals surface area contributed by atoms with E-state index in [-0.39, 0.29) is 18.4 Å². The van der Waals surface area contributed by atoms with Gasteiger partial charge in [0.05, 0.1) is 0 Å². The van der Waals surface area contributed by atoms with Crippen LogP contribution in [0.3, 0.4) is 0 Å². The molecule has 36 heavy (non-hydrogen) atoms. The second kappa shape index (κ2) is 13.7. The van der Waals surface area contributed by atoms with Gasteiger partial charge < -0.3 is 15.5 Å². The summed E-state index contributed by atoms with van der Waals surface area (Å²) in [6.45, 7) is 2.36. The summed E-state index contributed by atoms with van der Waals surface area (Å²) in [5.41, 5.74) is 11.1. The second-order valence-electron chi connectivity index (χ2n) is 8.45. The molecule has 5 nitrogen and oxygen atoms in total. The summed E-state index contributed by atoms with van der Waals surface area (Å²) in [5.74, 6) is 0.468. The quantitative estimate of drug-likeness (QED) is 0.229. The summed E-state index contributed by atoms with van der Waals surface area (Å²) in [6, 6.07) is 40.7. The Morgan fingerprint density at radius 3 is 1.11 bits per heavy atom. The van der Waals surface area contributed by atoms with Gasteiger partial charge in [0, 0.05) is 26.2 Å². The standard InChI is InChI=1S/C30H31N5.ClH/c31-29(34(21-25-13-5-1-6-14-25)22-26-15-7-2-8-16-26)33-30(32)35(23-27-17-9-3-10-18-27)24-28-19-11-4-12-20-28;/h1-20H,21-24H2,(H3,31,32,33);1H. The zero-order chi connectivity index (χ0) is 24.3. The zero-order valence-electron chi connectivity index (χ0n) is 20.2. The van der Waals surface area contributed by atoms with E-state index in [0.29, 0.717) is 32.1 Å². The minimum atomic E-state index is 0. The van der Waals surface area contributed by atoms with Crippen LogP contribution in [-0.2, 0) is 26.2 Å². The van der Waals surface area contributed by atoms with Crippen LogP contribution in [0.5, 0.6) is 0 Å². The number of benzene rings is 4. The van der Waals surface area contributed by atoms with E-state index in [4.69, 9.17) is 11.1 Å². The lowest BCUT2D eigenvalue weighted by molar-refractivity contribution is 0.388. The van der Waals surface area contributed by atoms with Crippen LogP contribution in [0.1, 0.15) is 22.3 Å². The number of hydrogen-bond donors (Lipinski definition) is 2. The van der Waals surface area contributed by atoms with Gasteiger partial charge in [-0.05, 0) is 22.3 Å². The van der Waals surface area contributed by atoms with E-state index in [1.165, 1.54) is 0 Å². The maximum atomic E-state index is 8.86. The molecule has 3 N–H and O–H groups in total. The van der Waals surface area contributed by atoms with Gasteiger partial charge in [-0.2, -0.15) is 4.99 Å². The molecule has 184 valence electrons. The fourth-order valence-corrected chi connectivity index (χ4v) is 3.89. The van der Waals surface area contributed by atoms with Crippen molar-refractivity contribution in [1.82, 2.24) is 9.80 Å². The van der Waals surface area contributed by atoms with Crippen molar-refractivity contribution in [1.29, 1.82) is 5.41 Å². The first-order chi connectivity index (χ1) is 17.2. The fourth-order valence-electron chi connectivity index (χ4n) is 3.89. The molecule has 4 aromatic rings. The lowest BCUT2D eigenvalue weighted by Gasteiger charge is -2.27. The Morgan fingerprint density at radius 1 is 0.528 bits per heavy atom. The van der Waals surface area contributed by atoms with Gasteiger partial charge in [0.15, 0.2) is 5.96 Å². The predicted octanol–water partition coefficient (Wildman–Crippen LogP) is 6.06. The number of nitrogens with zero attached hydrogens (tertiary/aromatic N) is 3. The van der Waals surface area contributed by atoms with Crippen molar-refractivity contribution >= 4 is 24.3 Å². The number of nitrogens with two attached hydrogens (primary N) is 1. The maximum Gasteiger partial charge on any atom is 0.221 e. The number of rotatable bonds is 8. The summed E-state index contributed by atoms with van der Waals surface area (Å²) >= 11 is 0. The highest BCUT2D eigenvalue weighted by molar-refractivity contribution is 5.92. The molecule has 4 rings (SSSR count). The highest BCUT2D eigenvalue weighted by Gasteiger charge is 2.15. The Bertz CT molecular complexity index is 1130. The lowest BCUT2D eigenvalue weighted by Crippen LogP contribution is -2.39. The summed E-state index contributed by atoms with van der Waals surface area (Å²) in [5, 5.41) is 8.86. The third-order valence-electron chi connectivity index (χ3n) is 5.71. The normalized spacial score (nSPS) is 10.8. The average molecular weight is 498 g/mol. The molecule has 0 spiro atoms. The molecule has 0 heterocycles. The van der Waals surface area contributed by atoms with Crippen LogP contribution in [-0.4, -0.2) is 21.7 Å². The van der Waals surface area contributed by atoms with Gasteiger partial charge in [0.2, 0.25) is 5.96 Å². The number of nitrogens with one attached hydrogen (secondary N) is 1. The molecular formula is C30H32ClN5. The topological polar surface area (TPSA) is 68.7 Å². The lowest BCUT2D eigenvalue weighted by atomic mass is 10.1. The maximum absolute atomic E-state index is 8.86. The van der Waals surface area contributed by atoms with Gasteiger partial charge >= 0.3 is 0 Å². The summed E-state index contributed by atoms with van der Waals surface area (Å²) in [4.78, 5) is 8.55. The van der Waals surface area contributed by atoms with Crippen LogP contribution < -0.4 is 5.73 Å². The smallest absolute Gasteiger partial charge is 0.221 e. The summed E-state index contributed by atoms with van der Waals surface area (Å²) in [6.07, 6.45) is 0. The van der Waals surface area contributed by atoms with Gasteiger partial charge in [0.25, 0.3) is 0 Å². The van der Waals surface area contributed by atoms with Crippen LogP contribution >= 0.6 is 12.4 Å². The Morgan fingerprint density at radius 2 is 0.806 bits per heavy atom. The van der Waals surface area contributed by atoms with E-state index >= 15 is 0 Å². The first kappa shape index (κ1) is 26.5. The fraction of sp³-hybridized carbons (Fsp3) is 0.133. The molecule has 6 heteroatoms. The molecule has 0 aliphatic carbocycles. The van der Waals surface area contributed by atoms with Crippen molar-refractivity contribution in [3.05, 3.63) is 144 Å². The van der Waals surface area contributed by atoms with Crippen LogP contribution in [0.15, 0.2) is 126 Å². The minimum Gasteiger partial charge on any atom is -0.369 e. The molecule has 0 aliphatic rings. The number of guanidine groups is 2. The molecule has 0 amide bonds. The molecular weight excluding hydrogens is 466 g/mol. The SMILES string of the molecule is Cl.N=C(N=C(N)N(Cc1ccccc1)Cc1ccccc1)N(Cc1ccccc1)Cc1ccccc1. The highest BCUT2D eigenvalue weighted by atomic mass is 35.5. The first-order valence-electron chi connectivity index (χ1n) is 11.8. The molecule has 4 aromatic carbocycles. The van der Waals surface area contributed by atoms with Crippen LogP contribution in [0.2, 0.25) is 0 Å². The van der Waals surface area contributed by atoms with E-state index in [1.807, 2.05) is 82.6 Å². The van der Waals surface area contributed by atoms with Gasteiger partial charge in [-0.3, -0.25) is 5.41 Å². The molecule has 0 saturated carbocycles. The largest absolute Gasteiger partial charge is 0.369 e.